The Morgan fingerprint density at radius 2 is 1.82 bits per heavy atom. The van der Waals surface area contributed by atoms with E-state index in [1.54, 1.807) is 0 Å². The molecule has 2 unspecified atom stereocenters. The first-order valence-electron chi connectivity index (χ1n) is 5.10. The molecule has 0 radical (unpaired) electrons. The van der Waals surface area contributed by atoms with Crippen LogP contribution in [0.3, 0.4) is 0 Å². The van der Waals surface area contributed by atoms with Gasteiger partial charge in [-0.2, -0.15) is 0 Å². The molecule has 0 amide bonds. The van der Waals surface area contributed by atoms with Crippen LogP contribution in [0.25, 0.3) is 0 Å². The van der Waals surface area contributed by atoms with Crippen molar-refractivity contribution in [3.63, 3.8) is 0 Å². The highest BCUT2D eigenvalue weighted by Gasteiger charge is 2.15. The number of aliphatic hydroxyl groups is 2. The Labute approximate surface area is 103 Å². The van der Waals surface area contributed by atoms with Gasteiger partial charge in [0.15, 0.2) is 0 Å². The van der Waals surface area contributed by atoms with E-state index in [4.69, 9.17) is 15.1 Å². The minimum atomic E-state index is -2.61. The maximum absolute atomic E-state index is 9.88. The van der Waals surface area contributed by atoms with E-state index in [1.165, 1.54) is 7.11 Å². The first-order valence-corrected chi connectivity index (χ1v) is 6.23. The molecule has 0 fully saturated rings. The molecule has 17 heavy (non-hydrogen) atoms. The molecule has 104 valence electrons. The predicted molar refractivity (Wildman–Crippen MR) is 63.6 cm³/mol. The van der Waals surface area contributed by atoms with Crippen molar-refractivity contribution in [1.82, 2.24) is 0 Å². The summed E-state index contributed by atoms with van der Waals surface area (Å²) in [6.45, 7) is 1.03. The highest BCUT2D eigenvalue weighted by atomic mass is 31.1. The standard InChI is InChI=1S/C5H14NO.C4H9O5P/c1-6(2,3)4-5-7;1-8-2-4(5)3-9-10(6)7/h7H,4-5H2,1-3H3;4-5H,2-3H2,1H3/q+1;/p+1. The number of rotatable bonds is 7. The Bertz CT molecular complexity index is 196. The fourth-order valence-corrected chi connectivity index (χ4v) is 0.990. The van der Waals surface area contributed by atoms with E-state index in [0.717, 1.165) is 11.0 Å². The topological polar surface area (TPSA) is 96.2 Å². The average Bonchev–Trinajstić information content (AvgIpc) is 2.14. The molecule has 7 nitrogen and oxygen atoms in total. The van der Waals surface area contributed by atoms with Crippen molar-refractivity contribution < 1.29 is 33.4 Å². The van der Waals surface area contributed by atoms with Gasteiger partial charge in [-0.1, -0.05) is 0 Å². The molecular weight excluding hydrogens is 249 g/mol. The maximum atomic E-state index is 9.88. The summed E-state index contributed by atoms with van der Waals surface area (Å²) < 4.78 is 19.4. The molecule has 2 atom stereocenters. The summed E-state index contributed by atoms with van der Waals surface area (Å²) in [4.78, 5) is 8.10. The minimum absolute atomic E-state index is 0.100. The van der Waals surface area contributed by atoms with Crippen LogP contribution < -0.4 is 0 Å². The van der Waals surface area contributed by atoms with Crippen molar-refractivity contribution >= 4 is 8.25 Å². The normalized spacial score (nSPS) is 13.7. The molecule has 0 saturated heterocycles. The van der Waals surface area contributed by atoms with Gasteiger partial charge in [-0.15, -0.1) is 9.42 Å². The number of nitrogens with zero attached hydrogens (tertiary/aromatic N) is 1. The van der Waals surface area contributed by atoms with Crippen LogP contribution in [-0.4, -0.2) is 80.3 Å². The number of ether oxygens (including phenoxy) is 1. The zero-order valence-corrected chi connectivity index (χ0v) is 11.8. The SMILES string of the molecule is COCC(O)CO[P+](=O)O.C[N+](C)(C)CCO. The van der Waals surface area contributed by atoms with Crippen molar-refractivity contribution in [3.8, 4) is 0 Å². The van der Waals surface area contributed by atoms with Crippen molar-refractivity contribution in [1.29, 1.82) is 0 Å². The van der Waals surface area contributed by atoms with Crippen LogP contribution in [-0.2, 0) is 13.8 Å². The largest absolute Gasteiger partial charge is 0.694 e. The molecule has 0 aliphatic carbocycles. The number of likely N-dealkylation sites (N-methyl/N-ethyl adjacent to an activating group) is 1. The van der Waals surface area contributed by atoms with Gasteiger partial charge in [0.2, 0.25) is 0 Å². The van der Waals surface area contributed by atoms with Crippen LogP contribution in [0.5, 0.6) is 0 Å². The summed E-state index contributed by atoms with van der Waals surface area (Å²) in [7, 11) is 4.96. The number of aliphatic hydroxyl groups excluding tert-OH is 2. The molecule has 0 aromatic carbocycles. The van der Waals surface area contributed by atoms with Crippen LogP contribution in [0.15, 0.2) is 0 Å². The maximum Gasteiger partial charge on any atom is 0.694 e. The summed E-state index contributed by atoms with van der Waals surface area (Å²) in [6.07, 6.45) is -0.837. The molecule has 0 aliphatic heterocycles. The van der Waals surface area contributed by atoms with E-state index in [0.29, 0.717) is 0 Å². The highest BCUT2D eigenvalue weighted by Crippen LogP contribution is 2.13. The van der Waals surface area contributed by atoms with Gasteiger partial charge < -0.3 is 19.4 Å². The molecule has 3 N–H and O–H groups in total. The lowest BCUT2D eigenvalue weighted by molar-refractivity contribution is -0.870. The van der Waals surface area contributed by atoms with Gasteiger partial charge >= 0.3 is 8.25 Å². The Balaban J connectivity index is 0. The zero-order valence-electron chi connectivity index (χ0n) is 10.9. The molecule has 0 aliphatic rings. The highest BCUT2D eigenvalue weighted by molar-refractivity contribution is 7.32. The van der Waals surface area contributed by atoms with E-state index in [1.807, 2.05) is 0 Å². The second-order valence-electron chi connectivity index (χ2n) is 4.38. The van der Waals surface area contributed by atoms with Gasteiger partial charge in [0.1, 0.15) is 19.3 Å². The summed E-state index contributed by atoms with van der Waals surface area (Å²) >= 11 is 0. The van der Waals surface area contributed by atoms with Gasteiger partial charge in [0, 0.05) is 11.7 Å². The van der Waals surface area contributed by atoms with Crippen LogP contribution >= 0.6 is 8.25 Å². The third-order valence-corrected chi connectivity index (χ3v) is 1.88. The molecule has 0 saturated carbocycles. The zero-order chi connectivity index (χ0) is 13.9. The lowest BCUT2D eigenvalue weighted by atomic mass is 10.4. The fraction of sp³-hybridized carbons (Fsp3) is 1.00. The van der Waals surface area contributed by atoms with Gasteiger partial charge in [-0.25, -0.2) is 0 Å². The van der Waals surface area contributed by atoms with Gasteiger partial charge in [-0.05, 0) is 0 Å². The number of hydrogen-bond acceptors (Lipinski definition) is 5. The second kappa shape index (κ2) is 11.0. The molecule has 0 spiro atoms. The number of methoxy groups -OCH3 is 1. The molecule has 8 heteroatoms. The van der Waals surface area contributed by atoms with Crippen molar-refractivity contribution in [3.05, 3.63) is 0 Å². The number of quaternary nitrogens is 1. The van der Waals surface area contributed by atoms with Crippen molar-refractivity contribution in [2.24, 2.45) is 0 Å². The summed E-state index contributed by atoms with van der Waals surface area (Å²) in [5.74, 6) is 0. The summed E-state index contributed by atoms with van der Waals surface area (Å²) in [5.41, 5.74) is 0. The summed E-state index contributed by atoms with van der Waals surface area (Å²) in [6, 6.07) is 0. The van der Waals surface area contributed by atoms with E-state index >= 15 is 0 Å². The second-order valence-corrected chi connectivity index (χ2v) is 5.11. The van der Waals surface area contributed by atoms with E-state index in [-0.39, 0.29) is 19.8 Å². The van der Waals surface area contributed by atoms with Gasteiger partial charge in [0.05, 0.1) is 34.4 Å². The summed E-state index contributed by atoms with van der Waals surface area (Å²) in [5, 5.41) is 17.2. The Hall–Kier alpha value is -0.140. The Morgan fingerprint density at radius 1 is 1.29 bits per heavy atom. The molecular formula is C9H24NO6P+2. The van der Waals surface area contributed by atoms with Crippen LogP contribution in [0.1, 0.15) is 0 Å². The van der Waals surface area contributed by atoms with Gasteiger partial charge in [0.25, 0.3) is 0 Å². The minimum Gasteiger partial charge on any atom is -0.391 e. The van der Waals surface area contributed by atoms with Crippen LogP contribution in [0.4, 0.5) is 0 Å². The predicted octanol–water partition coefficient (Wildman–Crippen LogP) is -0.655. The molecule has 0 heterocycles. The van der Waals surface area contributed by atoms with E-state index < -0.39 is 14.4 Å². The first-order chi connectivity index (χ1) is 7.72. The molecule has 0 aromatic heterocycles. The number of hydrogen-bond donors (Lipinski definition) is 3. The van der Waals surface area contributed by atoms with E-state index in [9.17, 15) is 4.57 Å². The first kappa shape index (κ1) is 19.2. The van der Waals surface area contributed by atoms with Crippen LogP contribution in [0.2, 0.25) is 0 Å². The van der Waals surface area contributed by atoms with Crippen LogP contribution in [0, 0.1) is 0 Å². The quantitative estimate of drug-likeness (QED) is 0.421. The molecule has 0 bridgehead atoms. The fourth-order valence-electron chi connectivity index (χ4n) is 0.690. The Morgan fingerprint density at radius 3 is 2.06 bits per heavy atom. The third kappa shape index (κ3) is 21.7. The smallest absolute Gasteiger partial charge is 0.391 e. The average molecular weight is 273 g/mol. The Kier molecular flexibility index (Phi) is 12.4. The molecule has 0 rings (SSSR count). The van der Waals surface area contributed by atoms with Crippen molar-refractivity contribution in [2.75, 3.05) is 54.6 Å². The lowest BCUT2D eigenvalue weighted by Gasteiger charge is -2.21. The third-order valence-electron chi connectivity index (χ3n) is 1.51. The van der Waals surface area contributed by atoms with Crippen molar-refractivity contribution in [2.45, 2.75) is 6.10 Å². The lowest BCUT2D eigenvalue weighted by Crippen LogP contribution is -2.36. The monoisotopic (exact) mass is 273 g/mol. The molecule has 0 aromatic rings. The van der Waals surface area contributed by atoms with E-state index in [2.05, 4.69) is 30.4 Å². The van der Waals surface area contributed by atoms with Gasteiger partial charge in [-0.3, -0.25) is 0 Å².